The van der Waals surface area contributed by atoms with Crippen molar-refractivity contribution < 1.29 is 14.4 Å². The molecule has 0 amide bonds. The molecule has 0 aliphatic carbocycles. The molecule has 1 fully saturated rings. The van der Waals surface area contributed by atoms with Crippen LogP contribution in [-0.4, -0.2) is 17.8 Å². The van der Waals surface area contributed by atoms with Gasteiger partial charge >= 0.3 is 7.12 Å². The first kappa shape index (κ1) is 11.2. The quantitative estimate of drug-likeness (QED) is 0.758. The number of hydrogen-bond acceptors (Lipinski definition) is 3. The molecule has 0 radical (unpaired) electrons. The zero-order valence-electron chi connectivity index (χ0n) is 9.56. The summed E-state index contributed by atoms with van der Waals surface area (Å²) < 4.78 is 11.3. The summed E-state index contributed by atoms with van der Waals surface area (Å²) >= 11 is 0. The molecule has 0 bridgehead atoms. The molecule has 1 aromatic rings. The van der Waals surface area contributed by atoms with Crippen LogP contribution in [0.5, 0.6) is 0 Å². The van der Waals surface area contributed by atoms with E-state index in [1.165, 1.54) is 0 Å². The molecule has 0 spiro atoms. The molecule has 4 heteroatoms. The van der Waals surface area contributed by atoms with E-state index in [0.29, 0.717) is 5.76 Å². The predicted octanol–water partition coefficient (Wildman–Crippen LogP) is 1.21. The van der Waals surface area contributed by atoms with Gasteiger partial charge in [-0.25, -0.2) is 0 Å². The van der Waals surface area contributed by atoms with Gasteiger partial charge in [-0.1, -0.05) is 30.8 Å². The lowest BCUT2D eigenvalue weighted by atomic mass is 9.78. The van der Waals surface area contributed by atoms with Gasteiger partial charge in [-0.05, 0) is 24.9 Å². The van der Waals surface area contributed by atoms with Crippen LogP contribution in [0.4, 0.5) is 0 Å². The second-order valence-electron chi connectivity index (χ2n) is 4.40. The topological polar surface area (TPSA) is 38.7 Å². The highest BCUT2D eigenvalue weighted by molar-refractivity contribution is 6.62. The molecule has 1 aromatic carbocycles. The van der Waals surface area contributed by atoms with Crippen LogP contribution in [0, 0.1) is 0 Å². The average molecular weight is 218 g/mol. The van der Waals surface area contributed by atoms with Crippen molar-refractivity contribution in [3.05, 3.63) is 42.2 Å². The van der Waals surface area contributed by atoms with E-state index in [-0.39, 0.29) is 6.61 Å². The van der Waals surface area contributed by atoms with E-state index < -0.39 is 12.7 Å². The lowest BCUT2D eigenvalue weighted by molar-refractivity contribution is 0.173. The maximum absolute atomic E-state index is 9.06. The van der Waals surface area contributed by atoms with E-state index in [9.17, 15) is 0 Å². The fraction of sp³-hybridized carbons (Fsp3) is 0.333. The Balaban J connectivity index is 2.23. The van der Waals surface area contributed by atoms with Gasteiger partial charge in [0.05, 0.1) is 12.4 Å². The van der Waals surface area contributed by atoms with Crippen molar-refractivity contribution in [2.24, 2.45) is 0 Å². The van der Waals surface area contributed by atoms with Gasteiger partial charge in [0, 0.05) is 0 Å². The fourth-order valence-corrected chi connectivity index (χ4v) is 1.60. The first-order valence-electron chi connectivity index (χ1n) is 5.26. The summed E-state index contributed by atoms with van der Waals surface area (Å²) in [4.78, 5) is 0. The maximum Gasteiger partial charge on any atom is 0.563 e. The first-order chi connectivity index (χ1) is 7.53. The molecule has 1 aliphatic rings. The standard InChI is InChI=1S/C12H15BO3/c1-9-12(2,3)16-13(15-9)11-6-4-5-10(7-11)8-14/h4-7,14H,1,8H2,2-3H3. The first-order valence-corrected chi connectivity index (χ1v) is 5.26. The van der Waals surface area contributed by atoms with Gasteiger partial charge in [-0.3, -0.25) is 0 Å². The molecule has 0 saturated carbocycles. The number of benzene rings is 1. The minimum Gasteiger partial charge on any atom is -0.534 e. The van der Waals surface area contributed by atoms with Crippen molar-refractivity contribution in [1.82, 2.24) is 0 Å². The Morgan fingerprint density at radius 1 is 1.44 bits per heavy atom. The minimum absolute atomic E-state index is 0.0187. The van der Waals surface area contributed by atoms with Gasteiger partial charge in [-0.15, -0.1) is 0 Å². The van der Waals surface area contributed by atoms with Gasteiger partial charge in [0.1, 0.15) is 5.60 Å². The highest BCUT2D eigenvalue weighted by atomic mass is 16.7. The van der Waals surface area contributed by atoms with E-state index in [0.717, 1.165) is 11.0 Å². The van der Waals surface area contributed by atoms with E-state index in [1.807, 2.05) is 38.1 Å². The molecule has 3 nitrogen and oxygen atoms in total. The van der Waals surface area contributed by atoms with Gasteiger partial charge in [-0.2, -0.15) is 0 Å². The van der Waals surface area contributed by atoms with E-state index >= 15 is 0 Å². The molecule has 1 heterocycles. The molecule has 84 valence electrons. The molecule has 0 unspecified atom stereocenters. The van der Waals surface area contributed by atoms with E-state index in [4.69, 9.17) is 14.4 Å². The summed E-state index contributed by atoms with van der Waals surface area (Å²) in [5.74, 6) is 0.631. The van der Waals surface area contributed by atoms with Crippen LogP contribution in [0.1, 0.15) is 19.4 Å². The van der Waals surface area contributed by atoms with Crippen LogP contribution in [0.3, 0.4) is 0 Å². The molecule has 0 atom stereocenters. The Morgan fingerprint density at radius 2 is 2.19 bits per heavy atom. The fourth-order valence-electron chi connectivity index (χ4n) is 1.60. The monoisotopic (exact) mass is 218 g/mol. The summed E-state index contributed by atoms with van der Waals surface area (Å²) in [7, 11) is -0.422. The maximum atomic E-state index is 9.06. The summed E-state index contributed by atoms with van der Waals surface area (Å²) in [6.07, 6.45) is 0. The normalized spacial score (nSPS) is 18.7. The summed E-state index contributed by atoms with van der Waals surface area (Å²) in [6.45, 7) is 7.69. The average Bonchev–Trinajstić information content (AvgIpc) is 2.54. The molecule has 1 N–H and O–H groups in total. The molecule has 0 aromatic heterocycles. The van der Waals surface area contributed by atoms with Gasteiger partial charge in [0.25, 0.3) is 0 Å². The van der Waals surface area contributed by atoms with Crippen molar-refractivity contribution in [3.63, 3.8) is 0 Å². The summed E-state index contributed by atoms with van der Waals surface area (Å²) in [5.41, 5.74) is 1.29. The number of aliphatic hydroxyl groups is 1. The number of hydrogen-bond donors (Lipinski definition) is 1. The van der Waals surface area contributed by atoms with Crippen molar-refractivity contribution in [2.45, 2.75) is 26.1 Å². The SMILES string of the molecule is C=C1OB(c2cccc(CO)c2)OC1(C)C. The highest BCUT2D eigenvalue weighted by Crippen LogP contribution is 2.29. The van der Waals surface area contributed by atoms with Crippen LogP contribution < -0.4 is 5.46 Å². The van der Waals surface area contributed by atoms with Crippen molar-refractivity contribution in [2.75, 3.05) is 0 Å². The third kappa shape index (κ3) is 1.99. The molecular weight excluding hydrogens is 203 g/mol. The van der Waals surface area contributed by atoms with Crippen LogP contribution in [0.25, 0.3) is 0 Å². The van der Waals surface area contributed by atoms with Crippen molar-refractivity contribution in [1.29, 1.82) is 0 Å². The smallest absolute Gasteiger partial charge is 0.534 e. The third-order valence-corrected chi connectivity index (χ3v) is 2.73. The zero-order valence-corrected chi connectivity index (χ0v) is 9.56. The number of rotatable bonds is 2. The Morgan fingerprint density at radius 3 is 2.75 bits per heavy atom. The van der Waals surface area contributed by atoms with Crippen LogP contribution in [0.15, 0.2) is 36.6 Å². The van der Waals surface area contributed by atoms with Gasteiger partial charge in [0.2, 0.25) is 0 Å². The van der Waals surface area contributed by atoms with Crippen molar-refractivity contribution >= 4 is 12.6 Å². The number of aliphatic hydroxyl groups excluding tert-OH is 1. The summed E-state index contributed by atoms with van der Waals surface area (Å²) in [6, 6.07) is 7.53. The molecule has 1 aliphatic heterocycles. The van der Waals surface area contributed by atoms with Crippen LogP contribution in [-0.2, 0) is 15.9 Å². The van der Waals surface area contributed by atoms with Gasteiger partial charge < -0.3 is 14.4 Å². The Labute approximate surface area is 95.8 Å². The lowest BCUT2D eigenvalue weighted by Crippen LogP contribution is -2.34. The summed E-state index contributed by atoms with van der Waals surface area (Å²) in [5, 5.41) is 9.06. The van der Waals surface area contributed by atoms with Gasteiger partial charge in [0.15, 0.2) is 0 Å². The molecule has 1 saturated heterocycles. The van der Waals surface area contributed by atoms with Crippen LogP contribution in [0.2, 0.25) is 0 Å². The lowest BCUT2D eigenvalue weighted by Gasteiger charge is -2.15. The molecule has 2 rings (SSSR count). The Hall–Kier alpha value is -1.26. The van der Waals surface area contributed by atoms with E-state index in [2.05, 4.69) is 6.58 Å². The molecule has 16 heavy (non-hydrogen) atoms. The Kier molecular flexibility index (Phi) is 2.78. The predicted molar refractivity (Wildman–Crippen MR) is 63.1 cm³/mol. The zero-order chi connectivity index (χ0) is 11.8. The van der Waals surface area contributed by atoms with E-state index in [1.54, 1.807) is 0 Å². The van der Waals surface area contributed by atoms with Crippen molar-refractivity contribution in [3.8, 4) is 0 Å². The minimum atomic E-state index is -0.458. The largest absolute Gasteiger partial charge is 0.563 e. The highest BCUT2D eigenvalue weighted by Gasteiger charge is 2.42. The Bertz CT molecular complexity index is 414. The van der Waals surface area contributed by atoms with Crippen LogP contribution >= 0.6 is 0 Å². The third-order valence-electron chi connectivity index (χ3n) is 2.73. The second-order valence-corrected chi connectivity index (χ2v) is 4.40. The molecular formula is C12H15BO3. The second kappa shape index (κ2) is 3.96.